The van der Waals surface area contributed by atoms with Crippen LogP contribution < -0.4 is 0 Å². The standard InChI is InChI=1S/C18H22N4O2S2.ClH/c1-13-12-14(10-11-21(2)3)19-17-16(18(25-4)20-22(13)17)26(23,24)15-8-6-5-7-9-15;/h5-9,12H,10-11H2,1-4H3;1H. The molecule has 0 N–H and O–H groups in total. The minimum absolute atomic E-state index is 0. The van der Waals surface area contributed by atoms with Crippen LogP contribution in [0.1, 0.15) is 11.4 Å². The second-order valence-corrected chi connectivity index (χ2v) is 9.01. The molecule has 0 spiro atoms. The van der Waals surface area contributed by atoms with Gasteiger partial charge in [-0.15, -0.1) is 24.2 Å². The van der Waals surface area contributed by atoms with Crippen LogP contribution in [0.3, 0.4) is 0 Å². The number of halogens is 1. The molecule has 0 saturated heterocycles. The van der Waals surface area contributed by atoms with E-state index in [0.717, 1.165) is 24.4 Å². The van der Waals surface area contributed by atoms with Crippen molar-refractivity contribution < 1.29 is 8.42 Å². The Bertz CT molecular complexity index is 1030. The lowest BCUT2D eigenvalue weighted by Crippen LogP contribution is -2.16. The highest BCUT2D eigenvalue weighted by molar-refractivity contribution is 7.99. The van der Waals surface area contributed by atoms with Gasteiger partial charge in [0, 0.05) is 24.4 Å². The molecule has 0 unspecified atom stereocenters. The number of hydrogen-bond acceptors (Lipinski definition) is 6. The van der Waals surface area contributed by atoms with E-state index in [9.17, 15) is 8.42 Å². The van der Waals surface area contributed by atoms with E-state index in [4.69, 9.17) is 0 Å². The Labute approximate surface area is 170 Å². The van der Waals surface area contributed by atoms with Crippen LogP contribution in [-0.4, -0.2) is 54.8 Å². The molecule has 0 saturated carbocycles. The molecular formula is C18H23ClN4O2S2. The number of aryl methyl sites for hydroxylation is 1. The molecule has 0 radical (unpaired) electrons. The molecule has 6 nitrogen and oxygen atoms in total. The summed E-state index contributed by atoms with van der Waals surface area (Å²) in [4.78, 5) is 7.16. The van der Waals surface area contributed by atoms with Crippen molar-refractivity contribution in [3.8, 4) is 0 Å². The minimum Gasteiger partial charge on any atom is -0.309 e. The first kappa shape index (κ1) is 21.7. The molecule has 3 aromatic rings. The van der Waals surface area contributed by atoms with Gasteiger partial charge in [0.2, 0.25) is 9.84 Å². The van der Waals surface area contributed by atoms with E-state index in [0.29, 0.717) is 10.7 Å². The number of thioether (sulfide) groups is 1. The van der Waals surface area contributed by atoms with Crippen LogP contribution in [0.5, 0.6) is 0 Å². The number of rotatable bonds is 6. The Balaban J connectivity index is 0.00000261. The second kappa shape index (κ2) is 8.60. The van der Waals surface area contributed by atoms with Crippen LogP contribution in [-0.2, 0) is 16.3 Å². The molecule has 0 aliphatic carbocycles. The zero-order valence-corrected chi connectivity index (χ0v) is 18.2. The fraction of sp³-hybridized carbons (Fsp3) is 0.333. The Morgan fingerprint density at radius 2 is 1.85 bits per heavy atom. The molecule has 0 atom stereocenters. The van der Waals surface area contributed by atoms with Crippen molar-refractivity contribution in [3.63, 3.8) is 0 Å². The third kappa shape index (κ3) is 4.29. The van der Waals surface area contributed by atoms with Crippen molar-refractivity contribution in [1.29, 1.82) is 0 Å². The smallest absolute Gasteiger partial charge is 0.213 e. The van der Waals surface area contributed by atoms with E-state index in [1.807, 2.05) is 33.3 Å². The number of aromatic nitrogens is 3. The Hall–Kier alpha value is -1.61. The maximum Gasteiger partial charge on any atom is 0.213 e. The normalized spacial score (nSPS) is 11.7. The van der Waals surface area contributed by atoms with E-state index >= 15 is 0 Å². The molecule has 1 aromatic carbocycles. The van der Waals surface area contributed by atoms with Gasteiger partial charge in [-0.25, -0.2) is 17.9 Å². The van der Waals surface area contributed by atoms with Gasteiger partial charge in [-0.3, -0.25) is 0 Å². The van der Waals surface area contributed by atoms with Crippen LogP contribution in [0.25, 0.3) is 5.65 Å². The van der Waals surface area contributed by atoms with Gasteiger partial charge in [0.25, 0.3) is 0 Å². The van der Waals surface area contributed by atoms with E-state index in [2.05, 4.69) is 15.0 Å². The van der Waals surface area contributed by atoms with Gasteiger partial charge >= 0.3 is 0 Å². The minimum atomic E-state index is -3.71. The van der Waals surface area contributed by atoms with Crippen molar-refractivity contribution in [2.45, 2.75) is 28.2 Å². The number of fused-ring (bicyclic) bond motifs is 1. The van der Waals surface area contributed by atoms with Crippen LogP contribution >= 0.6 is 24.2 Å². The third-order valence-electron chi connectivity index (χ3n) is 4.08. The molecular weight excluding hydrogens is 404 g/mol. The summed E-state index contributed by atoms with van der Waals surface area (Å²) in [6.45, 7) is 2.76. The molecule has 2 aromatic heterocycles. The van der Waals surface area contributed by atoms with Gasteiger partial charge < -0.3 is 4.90 Å². The van der Waals surface area contributed by atoms with Crippen LogP contribution in [0, 0.1) is 6.92 Å². The molecule has 27 heavy (non-hydrogen) atoms. The predicted molar refractivity (Wildman–Crippen MR) is 111 cm³/mol. The van der Waals surface area contributed by atoms with Crippen LogP contribution in [0.4, 0.5) is 0 Å². The quantitative estimate of drug-likeness (QED) is 0.564. The maximum atomic E-state index is 13.3. The number of sulfone groups is 1. The summed E-state index contributed by atoms with van der Waals surface area (Å²) in [5, 5.41) is 4.95. The van der Waals surface area contributed by atoms with E-state index in [1.165, 1.54) is 11.8 Å². The number of likely N-dealkylation sites (N-methyl/N-ethyl adjacent to an activating group) is 1. The largest absolute Gasteiger partial charge is 0.309 e. The first-order valence-electron chi connectivity index (χ1n) is 8.22. The maximum absolute atomic E-state index is 13.3. The molecule has 0 aliphatic heterocycles. The highest BCUT2D eigenvalue weighted by Gasteiger charge is 2.29. The van der Waals surface area contributed by atoms with Gasteiger partial charge in [-0.2, -0.15) is 5.10 Å². The summed E-state index contributed by atoms with van der Waals surface area (Å²) < 4.78 is 28.2. The Kier molecular flexibility index (Phi) is 6.91. The van der Waals surface area contributed by atoms with Crippen molar-refractivity contribution in [3.05, 3.63) is 47.8 Å². The SMILES string of the molecule is CSc1nn2c(C)cc(CCN(C)C)nc2c1S(=O)(=O)c1ccccc1.Cl. The summed E-state index contributed by atoms with van der Waals surface area (Å²) in [5.74, 6) is 0. The molecule has 0 bridgehead atoms. The van der Waals surface area contributed by atoms with E-state index in [-0.39, 0.29) is 22.2 Å². The van der Waals surface area contributed by atoms with E-state index in [1.54, 1.807) is 34.8 Å². The summed E-state index contributed by atoms with van der Waals surface area (Å²) in [5.41, 5.74) is 2.13. The highest BCUT2D eigenvalue weighted by Crippen LogP contribution is 2.32. The zero-order chi connectivity index (χ0) is 18.9. The van der Waals surface area contributed by atoms with Crippen LogP contribution in [0.2, 0.25) is 0 Å². The van der Waals surface area contributed by atoms with Gasteiger partial charge in [0.15, 0.2) is 10.5 Å². The average Bonchev–Trinajstić information content (AvgIpc) is 3.00. The van der Waals surface area contributed by atoms with Gasteiger partial charge in [0.1, 0.15) is 5.03 Å². The lowest BCUT2D eigenvalue weighted by molar-refractivity contribution is 0.411. The molecule has 3 rings (SSSR count). The number of benzene rings is 1. The number of hydrogen-bond donors (Lipinski definition) is 0. The topological polar surface area (TPSA) is 67.6 Å². The van der Waals surface area contributed by atoms with Gasteiger partial charge in [-0.1, -0.05) is 18.2 Å². The predicted octanol–water partition coefficient (Wildman–Crippen LogP) is 3.12. The van der Waals surface area contributed by atoms with Gasteiger partial charge in [0.05, 0.1) is 4.90 Å². The van der Waals surface area contributed by atoms with E-state index < -0.39 is 9.84 Å². The molecule has 0 fully saturated rings. The zero-order valence-electron chi connectivity index (χ0n) is 15.7. The summed E-state index contributed by atoms with van der Waals surface area (Å²) >= 11 is 1.32. The first-order chi connectivity index (χ1) is 12.3. The number of nitrogens with zero attached hydrogens (tertiary/aromatic N) is 4. The Morgan fingerprint density at radius 1 is 1.19 bits per heavy atom. The van der Waals surface area contributed by atoms with Crippen molar-refractivity contribution in [1.82, 2.24) is 19.5 Å². The second-order valence-electron chi connectivity index (χ2n) is 6.33. The molecule has 146 valence electrons. The summed E-state index contributed by atoms with van der Waals surface area (Å²) in [7, 11) is 0.296. The average molecular weight is 427 g/mol. The fourth-order valence-corrected chi connectivity index (χ4v) is 5.16. The van der Waals surface area contributed by atoms with Crippen molar-refractivity contribution in [2.75, 3.05) is 26.9 Å². The highest BCUT2D eigenvalue weighted by atomic mass is 35.5. The molecule has 9 heteroatoms. The summed E-state index contributed by atoms with van der Waals surface area (Å²) in [6, 6.07) is 10.4. The van der Waals surface area contributed by atoms with Gasteiger partial charge in [-0.05, 0) is 45.5 Å². The van der Waals surface area contributed by atoms with Crippen molar-refractivity contribution in [2.24, 2.45) is 0 Å². The van der Waals surface area contributed by atoms with Crippen molar-refractivity contribution >= 4 is 39.7 Å². The lowest BCUT2D eigenvalue weighted by atomic mass is 10.2. The third-order valence-corrected chi connectivity index (χ3v) is 6.69. The monoisotopic (exact) mass is 426 g/mol. The first-order valence-corrected chi connectivity index (χ1v) is 10.9. The molecule has 0 aliphatic rings. The fourth-order valence-electron chi connectivity index (χ4n) is 2.74. The lowest BCUT2D eigenvalue weighted by Gasteiger charge is -2.10. The molecule has 0 amide bonds. The summed E-state index contributed by atoms with van der Waals surface area (Å²) in [6.07, 6.45) is 2.57. The Morgan fingerprint density at radius 3 is 2.44 bits per heavy atom. The molecule has 2 heterocycles. The van der Waals surface area contributed by atoms with Crippen LogP contribution in [0.15, 0.2) is 51.2 Å².